The maximum absolute atomic E-state index is 12.9. The Kier molecular flexibility index (Phi) is 10.3. The second-order valence-electron chi connectivity index (χ2n) is 5.37. The van der Waals surface area contributed by atoms with Crippen molar-refractivity contribution in [2.24, 2.45) is 4.99 Å². The molecule has 2 N–H and O–H groups in total. The van der Waals surface area contributed by atoms with Gasteiger partial charge in [0.05, 0.1) is 6.54 Å². The van der Waals surface area contributed by atoms with Gasteiger partial charge in [0.1, 0.15) is 17.3 Å². The van der Waals surface area contributed by atoms with Crippen LogP contribution in [0.5, 0.6) is 5.88 Å². The van der Waals surface area contributed by atoms with Crippen LogP contribution in [0.4, 0.5) is 13.2 Å². The first-order valence-electron chi connectivity index (χ1n) is 8.10. The number of halogens is 5. The molecule has 0 aliphatic carbocycles. The van der Waals surface area contributed by atoms with Crippen LogP contribution in [0.3, 0.4) is 0 Å². The second-order valence-corrected chi connectivity index (χ2v) is 5.75. The molecule has 0 radical (unpaired) electrons. The molecule has 0 spiro atoms. The average molecular weight is 530 g/mol. The summed E-state index contributed by atoms with van der Waals surface area (Å²) in [5.74, 6) is 0.0718. The number of hydrogen-bond acceptors (Lipinski definition) is 4. The van der Waals surface area contributed by atoms with Gasteiger partial charge in [0.25, 0.3) is 0 Å². The van der Waals surface area contributed by atoms with Gasteiger partial charge in [-0.3, -0.25) is 4.99 Å². The van der Waals surface area contributed by atoms with E-state index < -0.39 is 17.6 Å². The fraction of sp³-hybridized carbons (Fsp3) is 0.353. The largest absolute Gasteiger partial charge is 0.475 e. The Balaban J connectivity index is 0.00000392. The zero-order chi connectivity index (χ0) is 19.7. The van der Waals surface area contributed by atoms with Crippen LogP contribution in [0.25, 0.3) is 0 Å². The molecule has 0 saturated heterocycles. The van der Waals surface area contributed by atoms with Crippen LogP contribution in [0, 0.1) is 0 Å². The van der Waals surface area contributed by atoms with Gasteiger partial charge in [-0.05, 0) is 30.2 Å². The minimum absolute atomic E-state index is 0. The van der Waals surface area contributed by atoms with E-state index in [-0.39, 0.29) is 37.1 Å². The van der Waals surface area contributed by atoms with E-state index in [1.165, 1.54) is 12.3 Å². The van der Waals surface area contributed by atoms with E-state index in [1.54, 1.807) is 19.3 Å². The minimum Gasteiger partial charge on any atom is -0.475 e. The first-order valence-corrected chi connectivity index (χ1v) is 8.48. The summed E-state index contributed by atoms with van der Waals surface area (Å²) in [5, 5.41) is 6.49. The van der Waals surface area contributed by atoms with Crippen LogP contribution >= 0.6 is 35.6 Å². The Morgan fingerprint density at radius 3 is 2.57 bits per heavy atom. The minimum atomic E-state index is -4.51. The highest BCUT2D eigenvalue weighted by atomic mass is 127. The van der Waals surface area contributed by atoms with Gasteiger partial charge in [0.15, 0.2) is 5.96 Å². The Morgan fingerprint density at radius 2 is 1.93 bits per heavy atom. The van der Waals surface area contributed by atoms with Crippen LogP contribution in [0.15, 0.2) is 41.7 Å². The van der Waals surface area contributed by atoms with Crippen molar-refractivity contribution in [1.29, 1.82) is 0 Å². The fourth-order valence-corrected chi connectivity index (χ4v) is 2.25. The van der Waals surface area contributed by atoms with Gasteiger partial charge >= 0.3 is 6.18 Å². The molecular weight excluding hydrogens is 510 g/mol. The highest BCUT2D eigenvalue weighted by molar-refractivity contribution is 14.0. The average Bonchev–Trinajstić information content (AvgIpc) is 2.64. The van der Waals surface area contributed by atoms with Crippen molar-refractivity contribution in [1.82, 2.24) is 20.6 Å². The molecule has 154 valence electrons. The molecule has 0 atom stereocenters. The number of hydrogen-bond donors (Lipinski definition) is 2. The summed E-state index contributed by atoms with van der Waals surface area (Å²) in [6, 6.07) is 5.75. The molecule has 2 heterocycles. The van der Waals surface area contributed by atoms with Crippen LogP contribution in [0.2, 0.25) is 5.15 Å². The predicted molar refractivity (Wildman–Crippen MR) is 112 cm³/mol. The SMILES string of the molecule is CN=C(NCCOc1ncccc1C(F)(F)F)NCCc1ccc(Cl)nc1.I. The van der Waals surface area contributed by atoms with Crippen LogP contribution in [0.1, 0.15) is 11.1 Å². The summed E-state index contributed by atoms with van der Waals surface area (Å²) in [4.78, 5) is 11.7. The monoisotopic (exact) mass is 529 g/mol. The number of rotatable bonds is 7. The standard InChI is InChI=1S/C17H19ClF3N5O.HI/c1-22-16(24-8-6-12-4-5-14(18)26-11-12)25-9-10-27-15-13(17(19,20)21)3-2-7-23-15;/h2-5,7,11H,6,8-10H2,1H3,(H2,22,24,25);1H. The number of nitrogens with one attached hydrogen (secondary N) is 2. The topological polar surface area (TPSA) is 71.4 Å². The van der Waals surface area contributed by atoms with Crippen molar-refractivity contribution in [2.75, 3.05) is 26.7 Å². The molecule has 0 bridgehead atoms. The molecule has 0 aromatic carbocycles. The zero-order valence-corrected chi connectivity index (χ0v) is 18.0. The molecule has 6 nitrogen and oxygen atoms in total. The normalized spacial score (nSPS) is 11.5. The van der Waals surface area contributed by atoms with Crippen molar-refractivity contribution in [3.63, 3.8) is 0 Å². The molecular formula is C17H20ClF3IN5O. The van der Waals surface area contributed by atoms with Crippen molar-refractivity contribution < 1.29 is 17.9 Å². The predicted octanol–water partition coefficient (Wildman–Crippen LogP) is 3.55. The van der Waals surface area contributed by atoms with E-state index >= 15 is 0 Å². The third-order valence-corrected chi connectivity index (χ3v) is 3.65. The Bertz CT molecular complexity index is 759. The summed E-state index contributed by atoms with van der Waals surface area (Å²) in [5.41, 5.74) is 0.115. The van der Waals surface area contributed by atoms with Gasteiger partial charge in [-0.25, -0.2) is 9.97 Å². The van der Waals surface area contributed by atoms with E-state index in [0.717, 1.165) is 11.6 Å². The van der Waals surface area contributed by atoms with Crippen molar-refractivity contribution in [3.05, 3.63) is 52.9 Å². The number of alkyl halides is 3. The molecule has 0 saturated carbocycles. The first kappa shape index (κ1) is 24.2. The van der Waals surface area contributed by atoms with E-state index in [4.69, 9.17) is 16.3 Å². The highest BCUT2D eigenvalue weighted by Crippen LogP contribution is 2.34. The lowest BCUT2D eigenvalue weighted by molar-refractivity contribution is -0.139. The summed E-state index contributed by atoms with van der Waals surface area (Å²) in [6.45, 7) is 0.861. The molecule has 2 aromatic heterocycles. The Labute approximate surface area is 183 Å². The van der Waals surface area contributed by atoms with Crippen LogP contribution < -0.4 is 15.4 Å². The van der Waals surface area contributed by atoms with E-state index in [0.29, 0.717) is 24.1 Å². The van der Waals surface area contributed by atoms with E-state index in [2.05, 4.69) is 25.6 Å². The van der Waals surface area contributed by atoms with Gasteiger partial charge < -0.3 is 15.4 Å². The second kappa shape index (κ2) is 11.9. The molecule has 2 rings (SSSR count). The lowest BCUT2D eigenvalue weighted by Gasteiger charge is -2.14. The quantitative estimate of drug-likeness (QED) is 0.189. The van der Waals surface area contributed by atoms with Crippen LogP contribution in [-0.2, 0) is 12.6 Å². The molecule has 0 unspecified atom stereocenters. The molecule has 11 heteroatoms. The lowest BCUT2D eigenvalue weighted by Crippen LogP contribution is -2.40. The lowest BCUT2D eigenvalue weighted by atomic mass is 10.2. The molecule has 0 amide bonds. The summed E-state index contributed by atoms with van der Waals surface area (Å²) < 4.78 is 43.7. The number of aromatic nitrogens is 2. The number of ether oxygens (including phenoxy) is 1. The summed E-state index contributed by atoms with van der Waals surface area (Å²) in [7, 11) is 1.60. The van der Waals surface area contributed by atoms with Crippen molar-refractivity contribution >= 4 is 41.5 Å². The summed E-state index contributed by atoms with van der Waals surface area (Å²) in [6.07, 6.45) is -0.849. The summed E-state index contributed by atoms with van der Waals surface area (Å²) >= 11 is 5.73. The molecule has 2 aromatic rings. The Morgan fingerprint density at radius 1 is 1.18 bits per heavy atom. The number of guanidine groups is 1. The highest BCUT2D eigenvalue weighted by Gasteiger charge is 2.34. The van der Waals surface area contributed by atoms with Crippen molar-refractivity contribution in [2.45, 2.75) is 12.6 Å². The number of aliphatic imine (C=N–C) groups is 1. The van der Waals surface area contributed by atoms with Crippen LogP contribution in [-0.4, -0.2) is 42.7 Å². The number of pyridine rings is 2. The van der Waals surface area contributed by atoms with Crippen molar-refractivity contribution in [3.8, 4) is 5.88 Å². The van der Waals surface area contributed by atoms with Gasteiger partial charge in [-0.1, -0.05) is 17.7 Å². The van der Waals surface area contributed by atoms with Gasteiger partial charge in [0, 0.05) is 26.0 Å². The zero-order valence-electron chi connectivity index (χ0n) is 15.0. The van der Waals surface area contributed by atoms with E-state index in [1.807, 2.05) is 6.07 Å². The molecule has 28 heavy (non-hydrogen) atoms. The molecule has 0 aliphatic heterocycles. The van der Waals surface area contributed by atoms with Gasteiger partial charge in [-0.15, -0.1) is 24.0 Å². The maximum Gasteiger partial charge on any atom is 0.421 e. The van der Waals surface area contributed by atoms with Gasteiger partial charge in [-0.2, -0.15) is 13.2 Å². The van der Waals surface area contributed by atoms with Gasteiger partial charge in [0.2, 0.25) is 5.88 Å². The van der Waals surface area contributed by atoms with E-state index in [9.17, 15) is 13.2 Å². The fourth-order valence-electron chi connectivity index (χ4n) is 2.14. The molecule has 0 fully saturated rings. The smallest absolute Gasteiger partial charge is 0.421 e. The number of nitrogens with zero attached hydrogens (tertiary/aromatic N) is 3. The maximum atomic E-state index is 12.9. The first-order chi connectivity index (χ1) is 12.9. The molecule has 0 aliphatic rings. The third kappa shape index (κ3) is 8.05. The Hall–Kier alpha value is -1.82. The third-order valence-electron chi connectivity index (χ3n) is 3.43.